The van der Waals surface area contributed by atoms with Crippen LogP contribution < -0.4 is 20.1 Å². The minimum Gasteiger partial charge on any atom is -0.497 e. The van der Waals surface area contributed by atoms with Crippen molar-refractivity contribution in [2.24, 2.45) is 0 Å². The van der Waals surface area contributed by atoms with Crippen LogP contribution in [0.4, 0.5) is 11.4 Å². The van der Waals surface area contributed by atoms with Crippen molar-refractivity contribution in [3.63, 3.8) is 0 Å². The maximum absolute atomic E-state index is 12.7. The molecule has 0 saturated carbocycles. The zero-order valence-corrected chi connectivity index (χ0v) is 18.5. The van der Waals surface area contributed by atoms with E-state index in [4.69, 9.17) is 9.47 Å². The molecule has 0 aliphatic heterocycles. The number of ether oxygens (including phenoxy) is 2. The summed E-state index contributed by atoms with van der Waals surface area (Å²) >= 11 is 0. The molecule has 4 aromatic rings. The molecule has 0 bridgehead atoms. The van der Waals surface area contributed by atoms with Crippen molar-refractivity contribution in [3.8, 4) is 11.5 Å². The first kappa shape index (κ1) is 21.8. The summed E-state index contributed by atoms with van der Waals surface area (Å²) in [5, 5.41) is 10.7. The summed E-state index contributed by atoms with van der Waals surface area (Å²) in [6.07, 6.45) is 3.19. The number of benzene rings is 2. The Bertz CT molecular complexity index is 1330. The lowest BCUT2D eigenvalue weighted by Gasteiger charge is -2.11. The molecule has 2 aromatic carbocycles. The molecule has 0 spiro atoms. The van der Waals surface area contributed by atoms with Crippen LogP contribution in [-0.2, 0) is 11.3 Å². The first-order valence-corrected chi connectivity index (χ1v) is 10.2. The van der Waals surface area contributed by atoms with Crippen LogP contribution in [0.1, 0.15) is 22.8 Å². The van der Waals surface area contributed by atoms with Crippen LogP contribution >= 0.6 is 0 Å². The highest BCUT2D eigenvalue weighted by Gasteiger charge is 2.13. The van der Waals surface area contributed by atoms with Crippen molar-refractivity contribution in [2.45, 2.75) is 13.5 Å². The van der Waals surface area contributed by atoms with Gasteiger partial charge in [0.05, 0.1) is 32.5 Å². The van der Waals surface area contributed by atoms with Crippen LogP contribution in [-0.4, -0.2) is 40.8 Å². The highest BCUT2D eigenvalue weighted by atomic mass is 16.5. The largest absolute Gasteiger partial charge is 0.497 e. The molecular formula is C24H23N5O4. The number of anilines is 2. The first-order chi connectivity index (χ1) is 16.0. The lowest BCUT2D eigenvalue weighted by Crippen LogP contribution is -2.13. The quantitative estimate of drug-likeness (QED) is 0.449. The summed E-state index contributed by atoms with van der Waals surface area (Å²) < 4.78 is 12.5. The Kier molecular flexibility index (Phi) is 6.21. The number of amides is 2. The van der Waals surface area contributed by atoms with E-state index in [-0.39, 0.29) is 11.8 Å². The number of nitrogens with one attached hydrogen (secondary N) is 2. The molecule has 2 aromatic heterocycles. The number of fused-ring (bicyclic) bond motifs is 1. The van der Waals surface area contributed by atoms with Gasteiger partial charge in [0.25, 0.3) is 5.91 Å². The molecule has 2 amide bonds. The SMILES string of the molecule is COc1ccc(Cn2ncc3cc(C(=O)Nc4cccc(NC(C)=O)c4)cnc32)c(OC)c1. The van der Waals surface area contributed by atoms with Gasteiger partial charge < -0.3 is 20.1 Å². The molecule has 0 saturated heterocycles. The zero-order valence-electron chi connectivity index (χ0n) is 18.5. The van der Waals surface area contributed by atoms with Gasteiger partial charge in [0, 0.05) is 41.5 Å². The molecule has 9 heteroatoms. The molecule has 0 atom stereocenters. The second kappa shape index (κ2) is 9.39. The molecule has 2 heterocycles. The van der Waals surface area contributed by atoms with Crippen molar-refractivity contribution in [3.05, 3.63) is 72.1 Å². The predicted octanol–water partition coefficient (Wildman–Crippen LogP) is 3.71. The van der Waals surface area contributed by atoms with Crippen molar-refractivity contribution in [1.82, 2.24) is 14.8 Å². The van der Waals surface area contributed by atoms with Crippen LogP contribution in [0.15, 0.2) is 60.9 Å². The van der Waals surface area contributed by atoms with E-state index in [1.54, 1.807) is 55.4 Å². The van der Waals surface area contributed by atoms with Gasteiger partial charge in [-0.1, -0.05) is 6.07 Å². The maximum Gasteiger partial charge on any atom is 0.257 e. The van der Waals surface area contributed by atoms with Crippen LogP contribution in [0.25, 0.3) is 11.0 Å². The monoisotopic (exact) mass is 445 g/mol. The second-order valence-corrected chi connectivity index (χ2v) is 7.33. The fourth-order valence-electron chi connectivity index (χ4n) is 3.44. The summed E-state index contributed by atoms with van der Waals surface area (Å²) in [7, 11) is 3.21. The molecule has 0 fully saturated rings. The van der Waals surface area contributed by atoms with E-state index in [1.807, 2.05) is 18.2 Å². The van der Waals surface area contributed by atoms with E-state index >= 15 is 0 Å². The Morgan fingerprint density at radius 3 is 2.48 bits per heavy atom. The third-order valence-corrected chi connectivity index (χ3v) is 4.99. The zero-order chi connectivity index (χ0) is 23.4. The molecule has 0 aliphatic carbocycles. The number of carbonyl (C=O) groups is 2. The molecule has 168 valence electrons. The summed E-state index contributed by atoms with van der Waals surface area (Å²) in [6.45, 7) is 1.88. The Balaban J connectivity index is 1.53. The van der Waals surface area contributed by atoms with Crippen LogP contribution in [0.2, 0.25) is 0 Å². The summed E-state index contributed by atoms with van der Waals surface area (Å²) in [5.74, 6) is 0.902. The van der Waals surface area contributed by atoms with Gasteiger partial charge in [-0.15, -0.1) is 0 Å². The molecule has 9 nitrogen and oxygen atoms in total. The minimum atomic E-state index is -0.311. The third kappa shape index (κ3) is 4.93. The minimum absolute atomic E-state index is 0.183. The van der Waals surface area contributed by atoms with Gasteiger partial charge in [0.15, 0.2) is 5.65 Å². The number of carbonyl (C=O) groups excluding carboxylic acids is 2. The van der Waals surface area contributed by atoms with Gasteiger partial charge in [-0.2, -0.15) is 5.10 Å². The molecule has 0 unspecified atom stereocenters. The number of aromatic nitrogens is 3. The fourth-order valence-corrected chi connectivity index (χ4v) is 3.44. The molecule has 0 radical (unpaired) electrons. The molecule has 4 rings (SSSR count). The van der Waals surface area contributed by atoms with Gasteiger partial charge >= 0.3 is 0 Å². The number of hydrogen-bond donors (Lipinski definition) is 2. The lowest BCUT2D eigenvalue weighted by molar-refractivity contribution is -0.114. The number of methoxy groups -OCH3 is 2. The van der Waals surface area contributed by atoms with Crippen molar-refractivity contribution in [1.29, 1.82) is 0 Å². The number of rotatable bonds is 7. The molecule has 0 aliphatic rings. The maximum atomic E-state index is 12.7. The Morgan fingerprint density at radius 1 is 0.970 bits per heavy atom. The third-order valence-electron chi connectivity index (χ3n) is 4.99. The predicted molar refractivity (Wildman–Crippen MR) is 125 cm³/mol. The second-order valence-electron chi connectivity index (χ2n) is 7.33. The van der Waals surface area contributed by atoms with Gasteiger partial charge in [0.1, 0.15) is 11.5 Å². The molecule has 33 heavy (non-hydrogen) atoms. The van der Waals surface area contributed by atoms with Crippen LogP contribution in [0, 0.1) is 0 Å². The van der Waals surface area contributed by atoms with E-state index in [2.05, 4.69) is 20.7 Å². The Hall–Kier alpha value is -4.40. The first-order valence-electron chi connectivity index (χ1n) is 10.2. The van der Waals surface area contributed by atoms with E-state index in [0.29, 0.717) is 40.6 Å². The van der Waals surface area contributed by atoms with Gasteiger partial charge in [-0.3, -0.25) is 9.59 Å². The smallest absolute Gasteiger partial charge is 0.257 e. The lowest BCUT2D eigenvalue weighted by atomic mass is 10.2. The average molecular weight is 445 g/mol. The van der Waals surface area contributed by atoms with E-state index < -0.39 is 0 Å². The van der Waals surface area contributed by atoms with Crippen LogP contribution in [0.3, 0.4) is 0 Å². The topological polar surface area (TPSA) is 107 Å². The number of hydrogen-bond acceptors (Lipinski definition) is 6. The van der Waals surface area contributed by atoms with Gasteiger partial charge in [-0.05, 0) is 36.4 Å². The fraction of sp³-hybridized carbons (Fsp3) is 0.167. The normalized spacial score (nSPS) is 10.6. The Labute approximate surface area is 190 Å². The average Bonchev–Trinajstić information content (AvgIpc) is 3.21. The highest BCUT2D eigenvalue weighted by molar-refractivity contribution is 6.06. The van der Waals surface area contributed by atoms with E-state index in [1.165, 1.54) is 13.1 Å². The van der Waals surface area contributed by atoms with Gasteiger partial charge in [-0.25, -0.2) is 9.67 Å². The van der Waals surface area contributed by atoms with Crippen molar-refractivity contribution in [2.75, 3.05) is 24.9 Å². The number of pyridine rings is 1. The van der Waals surface area contributed by atoms with Gasteiger partial charge in [0.2, 0.25) is 5.91 Å². The number of nitrogens with zero attached hydrogens (tertiary/aromatic N) is 3. The molecular weight excluding hydrogens is 422 g/mol. The van der Waals surface area contributed by atoms with E-state index in [9.17, 15) is 9.59 Å². The van der Waals surface area contributed by atoms with Crippen molar-refractivity contribution >= 4 is 34.2 Å². The van der Waals surface area contributed by atoms with E-state index in [0.717, 1.165) is 10.9 Å². The summed E-state index contributed by atoms with van der Waals surface area (Å²) in [6, 6.07) is 14.3. The van der Waals surface area contributed by atoms with Crippen molar-refractivity contribution < 1.29 is 19.1 Å². The summed E-state index contributed by atoms with van der Waals surface area (Å²) in [4.78, 5) is 28.4. The van der Waals surface area contributed by atoms with Crippen LogP contribution in [0.5, 0.6) is 11.5 Å². The highest BCUT2D eigenvalue weighted by Crippen LogP contribution is 2.26. The molecule has 2 N–H and O–H groups in total. The standard InChI is InChI=1S/C24H23N5O4/c1-15(30)27-19-5-4-6-20(10-19)28-24(31)18-9-17-13-26-29(23(17)25-12-18)14-16-7-8-21(32-2)11-22(16)33-3/h4-13H,14H2,1-3H3,(H,27,30)(H,28,31). The Morgan fingerprint density at radius 2 is 1.76 bits per heavy atom. The summed E-state index contributed by atoms with van der Waals surface area (Å²) in [5.41, 5.74) is 3.13.